The van der Waals surface area contributed by atoms with E-state index >= 15 is 0 Å². The van der Waals surface area contributed by atoms with Crippen LogP contribution in [0.25, 0.3) is 0 Å². The van der Waals surface area contributed by atoms with Gasteiger partial charge >= 0.3 is 0 Å². The predicted molar refractivity (Wildman–Crippen MR) is 130 cm³/mol. The van der Waals surface area contributed by atoms with E-state index in [1.165, 1.54) is 23.5 Å². The number of halogens is 2. The molecule has 34 heavy (non-hydrogen) atoms. The third-order valence-corrected chi connectivity index (χ3v) is 6.23. The van der Waals surface area contributed by atoms with Gasteiger partial charge in [0.15, 0.2) is 0 Å². The molecule has 9 heteroatoms. The molecule has 0 aliphatic rings. The van der Waals surface area contributed by atoms with E-state index in [-0.39, 0.29) is 18.4 Å². The molecule has 2 aromatic carbocycles. The maximum Gasteiger partial charge on any atom is 0.261 e. The number of nitrogens with one attached hydrogen (secondary N) is 2. The first kappa shape index (κ1) is 23.4. The fourth-order valence-electron chi connectivity index (χ4n) is 3.08. The normalized spacial score (nSPS) is 10.6. The summed E-state index contributed by atoms with van der Waals surface area (Å²) in [6, 6.07) is 17.7. The highest BCUT2D eigenvalue weighted by molar-refractivity contribution is 7.18. The van der Waals surface area contributed by atoms with Gasteiger partial charge in [-0.25, -0.2) is 9.37 Å². The highest BCUT2D eigenvalue weighted by atomic mass is 35.5. The lowest BCUT2D eigenvalue weighted by molar-refractivity contribution is 0.0953. The van der Waals surface area contributed by atoms with Crippen LogP contribution in [-0.4, -0.2) is 16.8 Å². The van der Waals surface area contributed by atoms with Gasteiger partial charge in [0.2, 0.25) is 5.88 Å². The molecule has 2 N–H and O–H groups in total. The van der Waals surface area contributed by atoms with Gasteiger partial charge in [-0.1, -0.05) is 35.9 Å². The van der Waals surface area contributed by atoms with E-state index in [0.717, 1.165) is 11.1 Å². The first-order valence-electron chi connectivity index (χ1n) is 10.2. The quantitative estimate of drug-likeness (QED) is 0.319. The molecule has 172 valence electrons. The minimum atomic E-state index is -0.396. The van der Waals surface area contributed by atoms with Crippen molar-refractivity contribution in [1.29, 1.82) is 0 Å². The van der Waals surface area contributed by atoms with Gasteiger partial charge in [0.05, 0.1) is 20.5 Å². The summed E-state index contributed by atoms with van der Waals surface area (Å²) in [4.78, 5) is 29.8. The molecule has 0 unspecified atom stereocenters. The molecule has 0 saturated heterocycles. The number of pyridine rings is 1. The van der Waals surface area contributed by atoms with Crippen molar-refractivity contribution in [3.05, 3.63) is 105 Å². The van der Waals surface area contributed by atoms with Crippen molar-refractivity contribution in [2.75, 3.05) is 5.32 Å². The second-order valence-corrected chi connectivity index (χ2v) is 8.76. The molecule has 4 rings (SSSR count). The van der Waals surface area contributed by atoms with E-state index in [1.54, 1.807) is 67.7 Å². The molecule has 0 bridgehead atoms. The summed E-state index contributed by atoms with van der Waals surface area (Å²) in [5, 5.41) is 6.54. The summed E-state index contributed by atoms with van der Waals surface area (Å²) in [5.74, 6) is -0.341. The fraction of sp³-hybridized carbons (Fsp3) is 0.0800. The van der Waals surface area contributed by atoms with Crippen LogP contribution in [0.3, 0.4) is 0 Å². The van der Waals surface area contributed by atoms with E-state index in [4.69, 9.17) is 16.3 Å². The van der Waals surface area contributed by atoms with Crippen LogP contribution in [0.5, 0.6) is 11.6 Å². The number of anilines is 1. The number of carbonyl (C=O) groups excluding carboxylic acids is 2. The molecule has 0 fully saturated rings. The molecule has 2 aromatic heterocycles. The van der Waals surface area contributed by atoms with E-state index in [1.807, 2.05) is 0 Å². The smallest absolute Gasteiger partial charge is 0.261 e. The maximum atomic E-state index is 13.3. The predicted octanol–water partition coefficient (Wildman–Crippen LogP) is 6.22. The standard InChI is InChI=1S/C25H19ClFN3O3S/c1-15-11-22(30-24(31)19-7-2-3-8-20(19)26)34-23(15)25(32)29-14-16-9-10-21(28-13-16)33-18-6-4-5-17(27)12-18/h2-13H,14H2,1H3,(H,29,32)(H,30,31). The van der Waals surface area contributed by atoms with Gasteiger partial charge in [0.1, 0.15) is 11.6 Å². The van der Waals surface area contributed by atoms with Gasteiger partial charge < -0.3 is 15.4 Å². The Morgan fingerprint density at radius 3 is 2.62 bits per heavy atom. The number of carbonyl (C=O) groups is 2. The molecule has 6 nitrogen and oxygen atoms in total. The lowest BCUT2D eigenvalue weighted by Crippen LogP contribution is -2.22. The van der Waals surface area contributed by atoms with Crippen LogP contribution in [-0.2, 0) is 6.54 Å². The Hall–Kier alpha value is -3.75. The Bertz CT molecular complexity index is 1340. The number of aryl methyl sites for hydroxylation is 1. The number of rotatable bonds is 7. The molecular formula is C25H19ClFN3O3S. The van der Waals surface area contributed by atoms with Gasteiger partial charge in [-0.2, -0.15) is 0 Å². The fourth-order valence-corrected chi connectivity index (χ4v) is 4.29. The lowest BCUT2D eigenvalue weighted by Gasteiger charge is -2.07. The number of hydrogen-bond donors (Lipinski definition) is 2. The zero-order valence-corrected chi connectivity index (χ0v) is 19.5. The van der Waals surface area contributed by atoms with Gasteiger partial charge in [-0.05, 0) is 48.4 Å². The Morgan fingerprint density at radius 2 is 1.88 bits per heavy atom. The minimum Gasteiger partial charge on any atom is -0.439 e. The first-order valence-corrected chi connectivity index (χ1v) is 11.4. The van der Waals surface area contributed by atoms with Gasteiger partial charge in [-0.15, -0.1) is 11.3 Å². The third-order valence-electron chi connectivity index (χ3n) is 4.75. The molecule has 2 heterocycles. The first-order chi connectivity index (χ1) is 16.4. The van der Waals surface area contributed by atoms with Gasteiger partial charge in [0, 0.05) is 24.9 Å². The average Bonchev–Trinajstić information content (AvgIpc) is 3.18. The second kappa shape index (κ2) is 10.5. The number of ether oxygens (including phenoxy) is 1. The molecule has 2 amide bonds. The Balaban J connectivity index is 1.34. The van der Waals surface area contributed by atoms with Crippen LogP contribution in [0.2, 0.25) is 5.02 Å². The van der Waals surface area contributed by atoms with Crippen molar-refractivity contribution in [3.63, 3.8) is 0 Å². The maximum absolute atomic E-state index is 13.3. The summed E-state index contributed by atoms with van der Waals surface area (Å²) in [6.07, 6.45) is 1.57. The highest BCUT2D eigenvalue weighted by Gasteiger charge is 2.16. The number of hydrogen-bond acceptors (Lipinski definition) is 5. The largest absolute Gasteiger partial charge is 0.439 e. The summed E-state index contributed by atoms with van der Waals surface area (Å²) in [5.41, 5.74) is 1.87. The van der Waals surface area contributed by atoms with E-state index < -0.39 is 5.82 Å². The van der Waals surface area contributed by atoms with Crippen molar-refractivity contribution in [2.45, 2.75) is 13.5 Å². The van der Waals surface area contributed by atoms with Crippen LogP contribution in [0.4, 0.5) is 9.39 Å². The van der Waals surface area contributed by atoms with Crippen LogP contribution in [0.15, 0.2) is 72.9 Å². The van der Waals surface area contributed by atoms with Crippen LogP contribution < -0.4 is 15.4 Å². The Morgan fingerprint density at radius 1 is 1.06 bits per heavy atom. The summed E-state index contributed by atoms with van der Waals surface area (Å²) in [6.45, 7) is 2.06. The van der Waals surface area contributed by atoms with Crippen molar-refractivity contribution >= 4 is 39.8 Å². The molecular weight excluding hydrogens is 477 g/mol. The number of benzene rings is 2. The molecule has 0 aliphatic carbocycles. The van der Waals surface area contributed by atoms with Crippen LogP contribution in [0, 0.1) is 12.7 Å². The van der Waals surface area contributed by atoms with Crippen molar-refractivity contribution in [3.8, 4) is 11.6 Å². The molecule has 0 saturated carbocycles. The average molecular weight is 496 g/mol. The van der Waals surface area contributed by atoms with E-state index in [9.17, 15) is 14.0 Å². The third kappa shape index (κ3) is 5.78. The number of aromatic nitrogens is 1. The number of amides is 2. The summed E-state index contributed by atoms with van der Waals surface area (Å²) >= 11 is 7.26. The van der Waals surface area contributed by atoms with Crippen molar-refractivity contribution in [1.82, 2.24) is 10.3 Å². The minimum absolute atomic E-state index is 0.255. The monoisotopic (exact) mass is 495 g/mol. The summed E-state index contributed by atoms with van der Waals surface area (Å²) < 4.78 is 18.8. The van der Waals surface area contributed by atoms with Crippen molar-refractivity contribution < 1.29 is 18.7 Å². The SMILES string of the molecule is Cc1cc(NC(=O)c2ccccc2Cl)sc1C(=O)NCc1ccc(Oc2cccc(F)c2)nc1. The molecule has 4 aromatic rings. The van der Waals surface area contributed by atoms with Gasteiger partial charge in [-0.3, -0.25) is 9.59 Å². The molecule has 0 atom stereocenters. The van der Waals surface area contributed by atoms with E-state index in [0.29, 0.717) is 32.1 Å². The second-order valence-electron chi connectivity index (χ2n) is 7.30. The molecule has 0 spiro atoms. The number of thiophene rings is 1. The highest BCUT2D eigenvalue weighted by Crippen LogP contribution is 2.28. The Kier molecular flexibility index (Phi) is 7.20. The van der Waals surface area contributed by atoms with E-state index in [2.05, 4.69) is 15.6 Å². The topological polar surface area (TPSA) is 80.3 Å². The Labute approximate surface area is 204 Å². The summed E-state index contributed by atoms with van der Waals surface area (Å²) in [7, 11) is 0. The number of nitrogens with zero attached hydrogens (tertiary/aromatic N) is 1. The van der Waals surface area contributed by atoms with Crippen molar-refractivity contribution in [2.24, 2.45) is 0 Å². The lowest BCUT2D eigenvalue weighted by atomic mass is 10.2. The van der Waals surface area contributed by atoms with Gasteiger partial charge in [0.25, 0.3) is 11.8 Å². The van der Waals surface area contributed by atoms with Crippen LogP contribution >= 0.6 is 22.9 Å². The zero-order valence-electron chi connectivity index (χ0n) is 18.0. The molecule has 0 radical (unpaired) electrons. The van der Waals surface area contributed by atoms with Crippen LogP contribution in [0.1, 0.15) is 31.2 Å². The molecule has 0 aliphatic heterocycles. The zero-order chi connectivity index (χ0) is 24.1.